The predicted octanol–water partition coefficient (Wildman–Crippen LogP) is 5.57. The normalized spacial score (nSPS) is 32.7. The summed E-state index contributed by atoms with van der Waals surface area (Å²) in [5, 5.41) is 3.89. The average molecular weight is 372 g/mol. The van der Waals surface area contributed by atoms with Gasteiger partial charge >= 0.3 is 0 Å². The van der Waals surface area contributed by atoms with E-state index in [-0.39, 0.29) is 6.10 Å². The summed E-state index contributed by atoms with van der Waals surface area (Å²) < 4.78 is 11.7. The highest BCUT2D eigenvalue weighted by Gasteiger charge is 2.52. The van der Waals surface area contributed by atoms with E-state index in [4.69, 9.17) is 9.47 Å². The second kappa shape index (κ2) is 7.66. The van der Waals surface area contributed by atoms with Gasteiger partial charge in [0.2, 0.25) is 0 Å². The molecule has 0 spiro atoms. The van der Waals surface area contributed by atoms with Crippen LogP contribution >= 0.6 is 0 Å². The van der Waals surface area contributed by atoms with Crippen molar-refractivity contribution in [2.75, 3.05) is 6.61 Å². The van der Waals surface area contributed by atoms with Crippen LogP contribution in [0.25, 0.3) is 0 Å². The van der Waals surface area contributed by atoms with E-state index in [1.54, 1.807) is 0 Å². The fourth-order valence-corrected chi connectivity index (χ4v) is 6.48. The predicted molar refractivity (Wildman–Crippen MR) is 110 cm³/mol. The highest BCUT2D eigenvalue weighted by Crippen LogP contribution is 2.61. The molecular formula is C24H37NO2. The molecule has 1 unspecified atom stereocenters. The largest absolute Gasteiger partial charge is 0.490 e. The average Bonchev–Trinajstić information content (AvgIpc) is 2.60. The maximum Gasteiger partial charge on any atom is 0.161 e. The van der Waals surface area contributed by atoms with Crippen LogP contribution in [0.15, 0.2) is 18.2 Å². The van der Waals surface area contributed by atoms with Crippen molar-refractivity contribution in [3.8, 4) is 11.5 Å². The van der Waals surface area contributed by atoms with E-state index in [0.29, 0.717) is 18.1 Å². The van der Waals surface area contributed by atoms with Gasteiger partial charge in [0.05, 0.1) is 12.7 Å². The third-order valence-corrected chi connectivity index (χ3v) is 7.29. The molecule has 1 aromatic rings. The smallest absolute Gasteiger partial charge is 0.161 e. The summed E-state index contributed by atoms with van der Waals surface area (Å²) in [6.07, 6.45) is 9.07. The summed E-state index contributed by atoms with van der Waals surface area (Å²) in [6, 6.07) is 6.99. The summed E-state index contributed by atoms with van der Waals surface area (Å²) in [5.41, 5.74) is 1.84. The molecule has 4 aliphatic rings. The Bertz CT molecular complexity index is 618. The van der Waals surface area contributed by atoms with Crippen LogP contribution < -0.4 is 14.8 Å². The van der Waals surface area contributed by atoms with E-state index in [1.807, 2.05) is 6.92 Å². The molecule has 0 saturated heterocycles. The van der Waals surface area contributed by atoms with Gasteiger partial charge in [-0.15, -0.1) is 0 Å². The van der Waals surface area contributed by atoms with Gasteiger partial charge < -0.3 is 14.8 Å². The van der Waals surface area contributed by atoms with Crippen LogP contribution in [-0.2, 0) is 6.54 Å². The molecule has 4 bridgehead atoms. The lowest BCUT2D eigenvalue weighted by Crippen LogP contribution is -2.54. The highest BCUT2D eigenvalue weighted by molar-refractivity contribution is 5.43. The Balaban J connectivity index is 1.41. The number of nitrogens with one attached hydrogen (secondary N) is 1. The molecule has 0 radical (unpaired) electrons. The minimum Gasteiger partial charge on any atom is -0.490 e. The van der Waals surface area contributed by atoms with Crippen molar-refractivity contribution in [3.63, 3.8) is 0 Å². The van der Waals surface area contributed by atoms with Crippen LogP contribution in [0, 0.1) is 23.2 Å². The van der Waals surface area contributed by atoms with Crippen molar-refractivity contribution in [2.24, 2.45) is 23.2 Å². The van der Waals surface area contributed by atoms with Crippen LogP contribution in [0.5, 0.6) is 11.5 Å². The number of benzene rings is 1. The van der Waals surface area contributed by atoms with E-state index < -0.39 is 0 Å². The maximum atomic E-state index is 5.90. The van der Waals surface area contributed by atoms with Gasteiger partial charge in [-0.1, -0.05) is 6.07 Å². The van der Waals surface area contributed by atoms with E-state index in [1.165, 1.54) is 44.1 Å². The maximum absolute atomic E-state index is 5.90. The van der Waals surface area contributed by atoms with Crippen molar-refractivity contribution in [1.82, 2.24) is 5.32 Å². The SMILES string of the molecule is CCOc1cc(CNC(C)C23CC4CC(CC(C4)C2)C3)ccc1OC(C)C. The minimum absolute atomic E-state index is 0.157. The first kappa shape index (κ1) is 19.1. The quantitative estimate of drug-likeness (QED) is 0.648. The first-order valence-electron chi connectivity index (χ1n) is 11.1. The molecule has 150 valence electrons. The molecule has 27 heavy (non-hydrogen) atoms. The van der Waals surface area contributed by atoms with E-state index in [2.05, 4.69) is 44.3 Å². The number of ether oxygens (including phenoxy) is 2. The third kappa shape index (κ3) is 3.99. The highest BCUT2D eigenvalue weighted by atomic mass is 16.5. The summed E-state index contributed by atoms with van der Waals surface area (Å²) in [7, 11) is 0. The van der Waals surface area contributed by atoms with Crippen LogP contribution in [0.1, 0.15) is 71.8 Å². The summed E-state index contributed by atoms with van der Waals surface area (Å²) in [5.74, 6) is 4.75. The number of hydrogen-bond acceptors (Lipinski definition) is 3. The van der Waals surface area contributed by atoms with Crippen LogP contribution in [0.2, 0.25) is 0 Å². The van der Waals surface area contributed by atoms with Gasteiger partial charge in [0.1, 0.15) is 0 Å². The molecule has 1 atom stereocenters. The molecule has 3 heteroatoms. The minimum atomic E-state index is 0.157. The Morgan fingerprint density at radius 1 is 1.00 bits per heavy atom. The lowest BCUT2D eigenvalue weighted by molar-refractivity contribution is -0.0706. The van der Waals surface area contributed by atoms with Crippen LogP contribution in [-0.4, -0.2) is 18.8 Å². The van der Waals surface area contributed by atoms with Crippen molar-refractivity contribution < 1.29 is 9.47 Å². The summed E-state index contributed by atoms with van der Waals surface area (Å²) in [4.78, 5) is 0. The molecule has 5 rings (SSSR count). The zero-order valence-corrected chi connectivity index (χ0v) is 17.6. The van der Waals surface area contributed by atoms with Gasteiger partial charge in [0.25, 0.3) is 0 Å². The molecule has 4 fully saturated rings. The molecule has 1 aromatic carbocycles. The van der Waals surface area contributed by atoms with Gasteiger partial charge in [0.15, 0.2) is 11.5 Å². The van der Waals surface area contributed by atoms with Crippen molar-refractivity contribution in [3.05, 3.63) is 23.8 Å². The third-order valence-electron chi connectivity index (χ3n) is 7.29. The first-order chi connectivity index (χ1) is 13.0. The standard InChI is InChI=1S/C24H37NO2/c1-5-26-23-11-18(6-7-22(23)27-16(2)3)15-25-17(4)24-12-19-8-20(13-24)10-21(9-19)14-24/h6-7,11,16-17,19-21,25H,5,8-10,12-15H2,1-4H3. The molecule has 0 amide bonds. The van der Waals surface area contributed by atoms with Gasteiger partial charge in [0, 0.05) is 12.6 Å². The molecule has 0 heterocycles. The zero-order valence-electron chi connectivity index (χ0n) is 17.6. The molecule has 3 nitrogen and oxygen atoms in total. The molecular weight excluding hydrogens is 334 g/mol. The Labute approximate surface area is 165 Å². The number of hydrogen-bond donors (Lipinski definition) is 1. The Hall–Kier alpha value is -1.22. The van der Waals surface area contributed by atoms with Crippen LogP contribution in [0.4, 0.5) is 0 Å². The van der Waals surface area contributed by atoms with E-state index in [0.717, 1.165) is 35.8 Å². The van der Waals surface area contributed by atoms with Crippen molar-refractivity contribution >= 4 is 0 Å². The van der Waals surface area contributed by atoms with Gasteiger partial charge in [-0.25, -0.2) is 0 Å². The lowest BCUT2D eigenvalue weighted by Gasteiger charge is -2.59. The first-order valence-corrected chi connectivity index (χ1v) is 11.1. The monoisotopic (exact) mass is 371 g/mol. The van der Waals surface area contributed by atoms with Crippen molar-refractivity contribution in [2.45, 2.75) is 84.9 Å². The second-order valence-corrected chi connectivity index (χ2v) is 9.76. The molecule has 1 N–H and O–H groups in total. The molecule has 0 aliphatic heterocycles. The second-order valence-electron chi connectivity index (χ2n) is 9.76. The van der Waals surface area contributed by atoms with Gasteiger partial charge in [-0.2, -0.15) is 0 Å². The number of rotatable bonds is 8. The zero-order chi connectivity index (χ0) is 19.0. The Morgan fingerprint density at radius 3 is 2.19 bits per heavy atom. The summed E-state index contributed by atoms with van der Waals surface area (Å²) >= 11 is 0. The fourth-order valence-electron chi connectivity index (χ4n) is 6.48. The fraction of sp³-hybridized carbons (Fsp3) is 0.750. The van der Waals surface area contributed by atoms with Gasteiger partial charge in [-0.05, 0) is 107 Å². The summed E-state index contributed by atoms with van der Waals surface area (Å²) in [6.45, 7) is 10.1. The molecule has 4 saturated carbocycles. The molecule has 4 aliphatic carbocycles. The molecule has 0 aromatic heterocycles. The Morgan fingerprint density at radius 2 is 1.63 bits per heavy atom. The van der Waals surface area contributed by atoms with E-state index >= 15 is 0 Å². The Kier molecular flexibility index (Phi) is 5.42. The van der Waals surface area contributed by atoms with E-state index in [9.17, 15) is 0 Å². The topological polar surface area (TPSA) is 30.5 Å². The van der Waals surface area contributed by atoms with Crippen LogP contribution in [0.3, 0.4) is 0 Å². The lowest BCUT2D eigenvalue weighted by atomic mass is 9.48. The van der Waals surface area contributed by atoms with Crippen molar-refractivity contribution in [1.29, 1.82) is 0 Å². The van der Waals surface area contributed by atoms with Gasteiger partial charge in [-0.3, -0.25) is 0 Å².